The maximum atomic E-state index is 12.8. The maximum absolute atomic E-state index is 12.8. The Morgan fingerprint density at radius 3 is 2.65 bits per heavy atom. The molecule has 3 aromatic heterocycles. The van der Waals surface area contributed by atoms with Crippen molar-refractivity contribution in [1.82, 2.24) is 20.1 Å². The van der Waals surface area contributed by atoms with Crippen molar-refractivity contribution in [3.63, 3.8) is 0 Å². The number of piperidine rings is 1. The molecule has 0 aliphatic carbocycles. The van der Waals surface area contributed by atoms with E-state index in [9.17, 15) is 4.79 Å². The normalized spacial score (nSPS) is 14.2. The summed E-state index contributed by atoms with van der Waals surface area (Å²) in [4.78, 5) is 21.4. The molecule has 0 spiro atoms. The fourth-order valence-electron chi connectivity index (χ4n) is 4.00. The van der Waals surface area contributed by atoms with E-state index in [4.69, 9.17) is 0 Å². The number of para-hydroxylation sites is 1. The van der Waals surface area contributed by atoms with E-state index in [0.29, 0.717) is 11.4 Å². The molecule has 1 fully saturated rings. The molecule has 1 N–H and O–H groups in total. The predicted octanol–water partition coefficient (Wildman–Crippen LogP) is 4.71. The molecule has 4 aromatic rings. The molecule has 4 heterocycles. The van der Waals surface area contributed by atoms with Gasteiger partial charge in [0.2, 0.25) is 0 Å². The first-order valence-electron chi connectivity index (χ1n) is 10.7. The molecule has 1 saturated heterocycles. The van der Waals surface area contributed by atoms with Gasteiger partial charge in [-0.05, 0) is 56.0 Å². The number of benzene rings is 1. The lowest BCUT2D eigenvalue weighted by molar-refractivity contribution is 0.0955. The zero-order valence-electron chi connectivity index (χ0n) is 17.5. The van der Waals surface area contributed by atoms with Crippen molar-refractivity contribution in [2.24, 2.45) is 0 Å². The molecule has 158 valence electrons. The van der Waals surface area contributed by atoms with Gasteiger partial charge in [-0.1, -0.05) is 24.3 Å². The zero-order valence-corrected chi connectivity index (χ0v) is 18.4. The van der Waals surface area contributed by atoms with Gasteiger partial charge in [-0.2, -0.15) is 5.10 Å². The van der Waals surface area contributed by atoms with Crippen molar-refractivity contribution in [2.45, 2.75) is 32.7 Å². The summed E-state index contributed by atoms with van der Waals surface area (Å²) >= 11 is 1.47. The van der Waals surface area contributed by atoms with Crippen molar-refractivity contribution in [2.75, 3.05) is 18.0 Å². The summed E-state index contributed by atoms with van der Waals surface area (Å²) < 4.78 is 1.91. The van der Waals surface area contributed by atoms with Crippen LogP contribution in [0.4, 0.5) is 5.82 Å². The second kappa shape index (κ2) is 8.51. The molecule has 7 heteroatoms. The van der Waals surface area contributed by atoms with Gasteiger partial charge in [-0.3, -0.25) is 4.79 Å². The van der Waals surface area contributed by atoms with Gasteiger partial charge < -0.3 is 10.2 Å². The number of hydrogen-bond acceptors (Lipinski definition) is 5. The molecule has 31 heavy (non-hydrogen) atoms. The first-order chi connectivity index (χ1) is 15.2. The molecule has 0 bridgehead atoms. The number of rotatable bonds is 5. The number of nitrogens with zero attached hydrogens (tertiary/aromatic N) is 4. The highest BCUT2D eigenvalue weighted by Gasteiger charge is 2.17. The summed E-state index contributed by atoms with van der Waals surface area (Å²) in [6, 6.07) is 16.1. The minimum atomic E-state index is -0.0691. The Morgan fingerprint density at radius 2 is 1.90 bits per heavy atom. The molecular weight excluding hydrogens is 406 g/mol. The van der Waals surface area contributed by atoms with Crippen LogP contribution in [0.25, 0.3) is 15.9 Å². The largest absolute Gasteiger partial charge is 0.357 e. The minimum Gasteiger partial charge on any atom is -0.357 e. The summed E-state index contributed by atoms with van der Waals surface area (Å²) in [6.07, 6.45) is 5.64. The monoisotopic (exact) mass is 431 g/mol. The van der Waals surface area contributed by atoms with Crippen LogP contribution in [-0.4, -0.2) is 33.8 Å². The molecule has 0 atom stereocenters. The first-order valence-corrected chi connectivity index (χ1v) is 11.5. The van der Waals surface area contributed by atoms with Crippen LogP contribution >= 0.6 is 11.3 Å². The standard InChI is InChI=1S/C24H25N5OS/c1-17-20-14-21(31-24(20)29(27-17)19-8-4-2-5-9-19)23(30)26-16-18-10-11-22(25-15-18)28-12-6-3-7-13-28/h2,4-5,8-11,14-15H,3,6-7,12-13,16H2,1H3,(H,26,30). The summed E-state index contributed by atoms with van der Waals surface area (Å²) in [5, 5.41) is 8.70. The lowest BCUT2D eigenvalue weighted by atomic mass is 10.1. The van der Waals surface area contributed by atoms with Crippen LogP contribution in [0.2, 0.25) is 0 Å². The van der Waals surface area contributed by atoms with Crippen molar-refractivity contribution in [3.8, 4) is 5.69 Å². The fourth-order valence-corrected chi connectivity index (χ4v) is 5.10. The molecule has 6 nitrogen and oxygen atoms in total. The molecule has 1 aromatic carbocycles. The average molecular weight is 432 g/mol. The molecule has 0 saturated carbocycles. The number of anilines is 1. The number of amides is 1. The number of aromatic nitrogens is 3. The Bertz CT molecular complexity index is 1190. The van der Waals surface area contributed by atoms with E-state index in [1.54, 1.807) is 0 Å². The lowest BCUT2D eigenvalue weighted by Crippen LogP contribution is -2.30. The van der Waals surface area contributed by atoms with E-state index in [1.165, 1.54) is 30.6 Å². The van der Waals surface area contributed by atoms with Crippen molar-refractivity contribution in [3.05, 3.63) is 70.9 Å². The minimum absolute atomic E-state index is 0.0691. The maximum Gasteiger partial charge on any atom is 0.261 e. The fraction of sp³-hybridized carbons (Fsp3) is 0.292. The summed E-state index contributed by atoms with van der Waals surface area (Å²) in [7, 11) is 0. The van der Waals surface area contributed by atoms with Gasteiger partial charge in [-0.15, -0.1) is 11.3 Å². The summed E-state index contributed by atoms with van der Waals surface area (Å²) in [5.41, 5.74) is 2.92. The second-order valence-corrected chi connectivity index (χ2v) is 8.95. The van der Waals surface area contributed by atoms with Crippen LogP contribution in [0.3, 0.4) is 0 Å². The predicted molar refractivity (Wildman–Crippen MR) is 125 cm³/mol. The van der Waals surface area contributed by atoms with Gasteiger partial charge >= 0.3 is 0 Å². The van der Waals surface area contributed by atoms with Gasteiger partial charge in [0.1, 0.15) is 10.6 Å². The highest BCUT2D eigenvalue weighted by Crippen LogP contribution is 2.30. The number of pyridine rings is 1. The van der Waals surface area contributed by atoms with Gasteiger partial charge in [-0.25, -0.2) is 9.67 Å². The molecule has 1 aliphatic rings. The van der Waals surface area contributed by atoms with Crippen LogP contribution in [0, 0.1) is 6.92 Å². The molecule has 0 radical (unpaired) electrons. The topological polar surface area (TPSA) is 63.1 Å². The molecule has 0 unspecified atom stereocenters. The van der Waals surface area contributed by atoms with E-state index < -0.39 is 0 Å². The van der Waals surface area contributed by atoms with Gasteiger partial charge in [0.05, 0.1) is 16.3 Å². The van der Waals surface area contributed by atoms with E-state index in [2.05, 4.69) is 32.4 Å². The third-order valence-corrected chi connectivity index (χ3v) is 6.82. The van der Waals surface area contributed by atoms with Crippen LogP contribution in [0.1, 0.15) is 40.2 Å². The molecule has 1 aliphatic heterocycles. The molecule has 1 amide bonds. The Kier molecular flexibility index (Phi) is 5.42. The summed E-state index contributed by atoms with van der Waals surface area (Å²) in [5.74, 6) is 0.959. The number of thiophene rings is 1. The third kappa shape index (κ3) is 4.05. The van der Waals surface area contributed by atoms with Crippen molar-refractivity contribution >= 4 is 33.3 Å². The number of carbonyl (C=O) groups is 1. The highest BCUT2D eigenvalue weighted by molar-refractivity contribution is 7.20. The second-order valence-electron chi connectivity index (χ2n) is 7.92. The average Bonchev–Trinajstić information content (AvgIpc) is 3.40. The zero-order chi connectivity index (χ0) is 21.2. The van der Waals surface area contributed by atoms with Gasteiger partial charge in [0, 0.05) is 31.2 Å². The van der Waals surface area contributed by atoms with E-state index in [1.807, 2.05) is 54.2 Å². The van der Waals surface area contributed by atoms with E-state index >= 15 is 0 Å². The van der Waals surface area contributed by atoms with Crippen molar-refractivity contribution < 1.29 is 4.79 Å². The number of aryl methyl sites for hydroxylation is 1. The van der Waals surface area contributed by atoms with Gasteiger partial charge in [0.15, 0.2) is 0 Å². The van der Waals surface area contributed by atoms with Crippen LogP contribution in [0.15, 0.2) is 54.7 Å². The number of hydrogen-bond donors (Lipinski definition) is 1. The number of carbonyl (C=O) groups excluding carboxylic acids is 1. The highest BCUT2D eigenvalue weighted by atomic mass is 32.1. The quantitative estimate of drug-likeness (QED) is 0.497. The Balaban J connectivity index is 1.28. The van der Waals surface area contributed by atoms with E-state index in [-0.39, 0.29) is 5.91 Å². The van der Waals surface area contributed by atoms with Crippen molar-refractivity contribution in [1.29, 1.82) is 0 Å². The Morgan fingerprint density at radius 1 is 1.10 bits per heavy atom. The first kappa shape index (κ1) is 19.8. The summed E-state index contributed by atoms with van der Waals surface area (Å²) in [6.45, 7) is 4.60. The Labute approximate surface area is 185 Å². The Hall–Kier alpha value is -3.19. The smallest absolute Gasteiger partial charge is 0.261 e. The van der Waals surface area contributed by atoms with E-state index in [0.717, 1.165) is 46.1 Å². The lowest BCUT2D eigenvalue weighted by Gasteiger charge is -2.27. The van der Waals surface area contributed by atoms with Crippen LogP contribution in [0.5, 0.6) is 0 Å². The van der Waals surface area contributed by atoms with Crippen LogP contribution in [-0.2, 0) is 6.54 Å². The van der Waals surface area contributed by atoms with Gasteiger partial charge in [0.25, 0.3) is 5.91 Å². The SMILES string of the molecule is Cc1nn(-c2ccccc2)c2sc(C(=O)NCc3ccc(N4CCCCC4)nc3)cc12. The van der Waals surface area contributed by atoms with Crippen LogP contribution < -0.4 is 10.2 Å². The molecular formula is C24H25N5OS. The number of fused-ring (bicyclic) bond motifs is 1. The third-order valence-electron chi connectivity index (χ3n) is 5.71. The number of nitrogens with one attached hydrogen (secondary N) is 1. The molecule has 5 rings (SSSR count).